The second kappa shape index (κ2) is 5.61. The molecule has 0 fully saturated rings. The molecule has 0 spiro atoms. The molecule has 4 heteroatoms. The molecule has 104 valence electrons. The summed E-state index contributed by atoms with van der Waals surface area (Å²) in [4.78, 5) is 0. The first-order chi connectivity index (χ1) is 8.99. The van der Waals surface area contributed by atoms with Crippen molar-refractivity contribution >= 4 is 0 Å². The molecule has 2 aromatic rings. The molecule has 2 aromatic heterocycles. The molecule has 0 aliphatic heterocycles. The topological polar surface area (TPSA) is 43.0 Å². The quantitative estimate of drug-likeness (QED) is 0.900. The van der Waals surface area contributed by atoms with E-state index in [1.54, 1.807) is 6.26 Å². The van der Waals surface area contributed by atoms with Crippen LogP contribution in [0.1, 0.15) is 42.1 Å². The molecule has 0 saturated carbocycles. The predicted octanol–water partition coefficient (Wildman–Crippen LogP) is 2.95. The number of aromatic nitrogens is 2. The summed E-state index contributed by atoms with van der Waals surface area (Å²) in [5.41, 5.74) is 4.79. The molecule has 0 saturated heterocycles. The van der Waals surface area contributed by atoms with Crippen molar-refractivity contribution in [1.82, 2.24) is 15.1 Å². The zero-order valence-electron chi connectivity index (χ0n) is 12.4. The van der Waals surface area contributed by atoms with Crippen LogP contribution in [-0.2, 0) is 13.1 Å². The molecule has 1 N–H and O–H groups in total. The van der Waals surface area contributed by atoms with Gasteiger partial charge in [0.15, 0.2) is 0 Å². The van der Waals surface area contributed by atoms with Crippen LogP contribution >= 0.6 is 0 Å². The molecule has 0 aliphatic carbocycles. The van der Waals surface area contributed by atoms with Crippen LogP contribution in [0.4, 0.5) is 0 Å². The average Bonchev–Trinajstić information content (AvgIpc) is 2.89. The van der Waals surface area contributed by atoms with Crippen molar-refractivity contribution in [2.75, 3.05) is 0 Å². The van der Waals surface area contributed by atoms with Gasteiger partial charge in [-0.3, -0.25) is 4.68 Å². The van der Waals surface area contributed by atoms with Crippen molar-refractivity contribution in [3.63, 3.8) is 0 Å². The first-order valence-corrected chi connectivity index (χ1v) is 6.78. The third kappa shape index (κ3) is 3.07. The van der Waals surface area contributed by atoms with Crippen molar-refractivity contribution in [3.05, 3.63) is 40.6 Å². The van der Waals surface area contributed by atoms with Crippen LogP contribution in [0.5, 0.6) is 0 Å². The van der Waals surface area contributed by atoms with Crippen LogP contribution in [-0.4, -0.2) is 15.8 Å². The molecule has 0 aliphatic rings. The Morgan fingerprint density at radius 2 is 2.05 bits per heavy atom. The third-order valence-electron chi connectivity index (χ3n) is 3.57. The Labute approximate surface area is 114 Å². The van der Waals surface area contributed by atoms with Crippen LogP contribution in [0, 0.1) is 20.8 Å². The van der Waals surface area contributed by atoms with Crippen molar-refractivity contribution < 1.29 is 4.42 Å². The van der Waals surface area contributed by atoms with Gasteiger partial charge in [0.05, 0.1) is 25.0 Å². The molecule has 4 nitrogen and oxygen atoms in total. The number of aryl methyl sites for hydroxylation is 1. The Bertz CT molecular complexity index is 552. The molecule has 2 heterocycles. The maximum absolute atomic E-state index is 5.56. The van der Waals surface area contributed by atoms with Crippen LogP contribution in [0.25, 0.3) is 0 Å². The van der Waals surface area contributed by atoms with E-state index in [1.807, 2.05) is 10.7 Å². The lowest BCUT2D eigenvalue weighted by Crippen LogP contribution is -2.22. The number of hydrogen-bond acceptors (Lipinski definition) is 3. The molecule has 0 radical (unpaired) electrons. The Hall–Kier alpha value is -1.55. The lowest BCUT2D eigenvalue weighted by molar-refractivity contribution is 0.457. The second-order valence-corrected chi connectivity index (χ2v) is 5.36. The Balaban J connectivity index is 2.15. The van der Waals surface area contributed by atoms with Crippen LogP contribution < -0.4 is 5.32 Å². The fraction of sp³-hybridized carbons (Fsp3) is 0.533. The first kappa shape index (κ1) is 13.9. The molecule has 0 bridgehead atoms. The summed E-state index contributed by atoms with van der Waals surface area (Å²) in [7, 11) is 0. The van der Waals surface area contributed by atoms with Gasteiger partial charge in [-0.2, -0.15) is 5.10 Å². The molecule has 2 rings (SSSR count). The minimum atomic E-state index is 0.453. The van der Waals surface area contributed by atoms with Crippen LogP contribution in [0.3, 0.4) is 0 Å². The lowest BCUT2D eigenvalue weighted by Gasteiger charge is -2.09. The van der Waals surface area contributed by atoms with E-state index in [9.17, 15) is 0 Å². The molecule has 0 atom stereocenters. The van der Waals surface area contributed by atoms with E-state index >= 15 is 0 Å². The standard InChI is InChI=1S/C15H23N3O/c1-10(2)16-8-15-14(6-7-19-15)9-18-13(5)11(3)12(4)17-18/h6-7,10,16H,8-9H2,1-5H3. The summed E-state index contributed by atoms with van der Waals surface area (Å²) in [5, 5.41) is 7.96. The van der Waals surface area contributed by atoms with E-state index in [-0.39, 0.29) is 0 Å². The highest BCUT2D eigenvalue weighted by atomic mass is 16.3. The molecule has 19 heavy (non-hydrogen) atoms. The van der Waals surface area contributed by atoms with Gasteiger partial charge in [0, 0.05) is 17.3 Å². The fourth-order valence-electron chi connectivity index (χ4n) is 2.06. The van der Waals surface area contributed by atoms with Gasteiger partial charge in [-0.15, -0.1) is 0 Å². The Kier molecular flexibility index (Phi) is 4.10. The van der Waals surface area contributed by atoms with Crippen molar-refractivity contribution in [3.8, 4) is 0 Å². The number of nitrogens with zero attached hydrogens (tertiary/aromatic N) is 2. The van der Waals surface area contributed by atoms with E-state index in [0.29, 0.717) is 6.04 Å². The first-order valence-electron chi connectivity index (χ1n) is 6.78. The lowest BCUT2D eigenvalue weighted by atomic mass is 10.2. The highest BCUT2D eigenvalue weighted by Crippen LogP contribution is 2.16. The van der Waals surface area contributed by atoms with Gasteiger partial charge in [-0.1, -0.05) is 13.8 Å². The Morgan fingerprint density at radius 3 is 2.63 bits per heavy atom. The largest absolute Gasteiger partial charge is 0.468 e. The zero-order chi connectivity index (χ0) is 14.0. The third-order valence-corrected chi connectivity index (χ3v) is 3.57. The fourth-order valence-corrected chi connectivity index (χ4v) is 2.06. The summed E-state index contributed by atoms with van der Waals surface area (Å²) < 4.78 is 7.61. The highest BCUT2D eigenvalue weighted by Gasteiger charge is 2.12. The highest BCUT2D eigenvalue weighted by molar-refractivity contribution is 5.24. The second-order valence-electron chi connectivity index (χ2n) is 5.36. The Morgan fingerprint density at radius 1 is 1.32 bits per heavy atom. The minimum Gasteiger partial charge on any atom is -0.468 e. The smallest absolute Gasteiger partial charge is 0.122 e. The maximum atomic E-state index is 5.56. The van der Waals surface area contributed by atoms with Crippen molar-refractivity contribution in [1.29, 1.82) is 0 Å². The molecule has 0 unspecified atom stereocenters. The van der Waals surface area contributed by atoms with E-state index in [2.05, 4.69) is 45.0 Å². The van der Waals surface area contributed by atoms with Crippen LogP contribution in [0.15, 0.2) is 16.7 Å². The van der Waals surface area contributed by atoms with Crippen molar-refractivity contribution in [2.45, 2.75) is 53.8 Å². The monoisotopic (exact) mass is 261 g/mol. The average molecular weight is 261 g/mol. The maximum Gasteiger partial charge on any atom is 0.122 e. The molecular formula is C15H23N3O. The predicted molar refractivity (Wildman–Crippen MR) is 76.2 cm³/mol. The molecular weight excluding hydrogens is 238 g/mol. The normalized spacial score (nSPS) is 11.5. The summed E-state index contributed by atoms with van der Waals surface area (Å²) in [6.45, 7) is 12.1. The molecule has 0 amide bonds. The number of hydrogen-bond donors (Lipinski definition) is 1. The number of furan rings is 1. The van der Waals surface area contributed by atoms with Gasteiger partial charge in [0.25, 0.3) is 0 Å². The zero-order valence-corrected chi connectivity index (χ0v) is 12.4. The minimum absolute atomic E-state index is 0.453. The SMILES string of the molecule is Cc1nn(Cc2ccoc2CNC(C)C)c(C)c1C. The number of rotatable bonds is 5. The van der Waals surface area contributed by atoms with Gasteiger partial charge in [-0.05, 0) is 32.4 Å². The summed E-state index contributed by atoms with van der Waals surface area (Å²) in [5.74, 6) is 0.999. The van der Waals surface area contributed by atoms with Gasteiger partial charge >= 0.3 is 0 Å². The van der Waals surface area contributed by atoms with Gasteiger partial charge in [0.1, 0.15) is 5.76 Å². The summed E-state index contributed by atoms with van der Waals surface area (Å²) in [6.07, 6.45) is 1.76. The van der Waals surface area contributed by atoms with Gasteiger partial charge in [-0.25, -0.2) is 0 Å². The van der Waals surface area contributed by atoms with E-state index in [4.69, 9.17) is 4.42 Å². The summed E-state index contributed by atoms with van der Waals surface area (Å²) >= 11 is 0. The van der Waals surface area contributed by atoms with Crippen molar-refractivity contribution in [2.24, 2.45) is 0 Å². The van der Waals surface area contributed by atoms with E-state index < -0.39 is 0 Å². The number of nitrogens with one attached hydrogen (secondary N) is 1. The summed E-state index contributed by atoms with van der Waals surface area (Å²) in [6, 6.07) is 2.48. The van der Waals surface area contributed by atoms with Crippen LogP contribution in [0.2, 0.25) is 0 Å². The molecule has 0 aromatic carbocycles. The van der Waals surface area contributed by atoms with Gasteiger partial charge < -0.3 is 9.73 Å². The van der Waals surface area contributed by atoms with E-state index in [1.165, 1.54) is 16.8 Å². The van der Waals surface area contributed by atoms with E-state index in [0.717, 1.165) is 24.5 Å². The van der Waals surface area contributed by atoms with Gasteiger partial charge in [0.2, 0.25) is 0 Å².